The Balaban J connectivity index is 3.47. The Labute approximate surface area is 84.7 Å². The van der Waals surface area contributed by atoms with Crippen LogP contribution in [-0.4, -0.2) is 21.5 Å². The summed E-state index contributed by atoms with van der Waals surface area (Å²) < 4.78 is 13.4. The maximum absolute atomic E-state index is 12.6. The Morgan fingerprint density at radius 2 is 2.29 bits per heavy atom. The maximum Gasteiger partial charge on any atom is 0.295 e. The van der Waals surface area contributed by atoms with Gasteiger partial charge in [0.25, 0.3) is 5.56 Å². The first-order valence-electron chi connectivity index (χ1n) is 3.93. The number of nitrogens with zero attached hydrogens (tertiary/aromatic N) is 2. The molecular formula is C7H11FN4OS. The number of nitrogen functional groups attached to an aromatic ring is 1. The van der Waals surface area contributed by atoms with Gasteiger partial charge in [0, 0.05) is 5.41 Å². The molecule has 14 heavy (non-hydrogen) atoms. The van der Waals surface area contributed by atoms with Crippen molar-refractivity contribution in [1.29, 1.82) is 0 Å². The van der Waals surface area contributed by atoms with Crippen LogP contribution in [-0.2, 0) is 5.41 Å². The first-order chi connectivity index (χ1) is 6.40. The summed E-state index contributed by atoms with van der Waals surface area (Å²) in [6.45, 7) is 2.43. The summed E-state index contributed by atoms with van der Waals surface area (Å²) in [5.41, 5.74) is -1.50. The van der Waals surface area contributed by atoms with Crippen LogP contribution in [0, 0.1) is 4.77 Å². The van der Waals surface area contributed by atoms with Crippen molar-refractivity contribution in [1.82, 2.24) is 14.9 Å². The van der Waals surface area contributed by atoms with E-state index in [1.165, 1.54) is 0 Å². The molecule has 1 heterocycles. The summed E-state index contributed by atoms with van der Waals surface area (Å²) in [7, 11) is 0. The second kappa shape index (κ2) is 3.49. The average Bonchev–Trinajstić information content (AvgIpc) is 2.14. The molecule has 5 nitrogen and oxygen atoms in total. The van der Waals surface area contributed by atoms with Gasteiger partial charge >= 0.3 is 0 Å². The number of halogens is 1. The molecule has 1 aromatic rings. The molecule has 3 N–H and O–H groups in total. The van der Waals surface area contributed by atoms with E-state index in [1.54, 1.807) is 13.8 Å². The Hall–Kier alpha value is -1.24. The van der Waals surface area contributed by atoms with Gasteiger partial charge in [0.05, 0.1) is 0 Å². The molecule has 0 radical (unpaired) electrons. The molecule has 7 heteroatoms. The van der Waals surface area contributed by atoms with E-state index in [0.717, 1.165) is 4.68 Å². The number of aromatic amines is 1. The van der Waals surface area contributed by atoms with Crippen molar-refractivity contribution < 1.29 is 4.39 Å². The van der Waals surface area contributed by atoms with Crippen molar-refractivity contribution in [2.45, 2.75) is 19.3 Å². The number of alkyl halides is 1. The molecule has 0 unspecified atom stereocenters. The van der Waals surface area contributed by atoms with Gasteiger partial charge in [0.2, 0.25) is 4.77 Å². The van der Waals surface area contributed by atoms with E-state index in [0.29, 0.717) is 0 Å². The van der Waals surface area contributed by atoms with Crippen LogP contribution < -0.4 is 11.4 Å². The molecule has 0 amide bonds. The smallest absolute Gasteiger partial charge is 0.295 e. The van der Waals surface area contributed by atoms with E-state index in [9.17, 15) is 9.18 Å². The molecule has 0 aliphatic heterocycles. The number of hydrogen-bond donors (Lipinski definition) is 2. The van der Waals surface area contributed by atoms with Crippen molar-refractivity contribution >= 4 is 12.2 Å². The topological polar surface area (TPSA) is 76.7 Å². The van der Waals surface area contributed by atoms with Crippen LogP contribution in [0.4, 0.5) is 4.39 Å². The first kappa shape index (κ1) is 10.8. The highest BCUT2D eigenvalue weighted by atomic mass is 32.1. The molecule has 0 aromatic carbocycles. The zero-order valence-corrected chi connectivity index (χ0v) is 8.69. The molecule has 1 aromatic heterocycles. The minimum Gasteiger partial charge on any atom is -0.334 e. The lowest BCUT2D eigenvalue weighted by Crippen LogP contribution is -2.39. The predicted molar refractivity (Wildman–Crippen MR) is 52.8 cm³/mol. The summed E-state index contributed by atoms with van der Waals surface area (Å²) in [5, 5.41) is 6.08. The third kappa shape index (κ3) is 1.67. The molecule has 0 saturated carbocycles. The predicted octanol–water partition coefficient (Wildman–Crippen LogP) is 0.262. The largest absolute Gasteiger partial charge is 0.334 e. The van der Waals surface area contributed by atoms with Gasteiger partial charge in [-0.15, -0.1) is 0 Å². The summed E-state index contributed by atoms with van der Waals surface area (Å²) in [6, 6.07) is 0. The normalized spacial score (nSPS) is 11.6. The molecule has 0 atom stereocenters. The van der Waals surface area contributed by atoms with Crippen LogP contribution in [0.2, 0.25) is 0 Å². The molecule has 0 fully saturated rings. The molecule has 1 rings (SSSR count). The zero-order chi connectivity index (χ0) is 10.9. The van der Waals surface area contributed by atoms with Crippen LogP contribution in [0.3, 0.4) is 0 Å². The Bertz CT molecular complexity index is 450. The minimum atomic E-state index is -0.961. The fourth-order valence-electron chi connectivity index (χ4n) is 0.916. The highest BCUT2D eigenvalue weighted by Crippen LogP contribution is 2.17. The summed E-state index contributed by atoms with van der Waals surface area (Å²) in [5.74, 6) is 5.34. The van der Waals surface area contributed by atoms with Gasteiger partial charge in [-0.2, -0.15) is 9.77 Å². The lowest BCUT2D eigenvalue weighted by atomic mass is 9.91. The van der Waals surface area contributed by atoms with Crippen molar-refractivity contribution in [3.8, 4) is 0 Å². The molecule has 78 valence electrons. The third-order valence-corrected chi connectivity index (χ3v) is 2.17. The van der Waals surface area contributed by atoms with Gasteiger partial charge in [0.15, 0.2) is 0 Å². The van der Waals surface area contributed by atoms with Crippen molar-refractivity contribution in [2.75, 3.05) is 12.5 Å². The maximum atomic E-state index is 12.6. The Kier molecular flexibility index (Phi) is 2.70. The number of nitrogens with one attached hydrogen (secondary N) is 1. The standard InChI is InChI=1S/C7H11FN4OS/c1-7(2,3-8)4-5(13)12(9)6(14)11-10-4/h3,9H2,1-2H3,(H,11,14). The minimum absolute atomic E-state index is 0.00779. The number of nitrogens with two attached hydrogens (primary N) is 1. The summed E-state index contributed by atoms with van der Waals surface area (Å²) in [6.07, 6.45) is 0. The Morgan fingerprint density at radius 1 is 1.71 bits per heavy atom. The second-order valence-corrected chi connectivity index (χ2v) is 3.96. The molecule has 0 saturated heterocycles. The highest BCUT2D eigenvalue weighted by molar-refractivity contribution is 7.71. The zero-order valence-electron chi connectivity index (χ0n) is 7.87. The molecule has 0 aliphatic carbocycles. The van der Waals surface area contributed by atoms with E-state index in [4.69, 9.17) is 5.84 Å². The second-order valence-electron chi connectivity index (χ2n) is 3.57. The fourth-order valence-corrected chi connectivity index (χ4v) is 1.04. The van der Waals surface area contributed by atoms with Gasteiger partial charge in [-0.05, 0) is 12.2 Å². The van der Waals surface area contributed by atoms with Crippen LogP contribution >= 0.6 is 12.2 Å². The van der Waals surface area contributed by atoms with Crippen LogP contribution in [0.1, 0.15) is 19.5 Å². The van der Waals surface area contributed by atoms with Crippen molar-refractivity contribution in [3.63, 3.8) is 0 Å². The van der Waals surface area contributed by atoms with Gasteiger partial charge < -0.3 is 5.84 Å². The SMILES string of the molecule is CC(C)(CF)c1n[nH]c(=S)n(N)c1=O. The molecule has 0 spiro atoms. The summed E-state index contributed by atoms with van der Waals surface area (Å²) in [4.78, 5) is 11.5. The number of rotatable bonds is 2. The average molecular weight is 218 g/mol. The van der Waals surface area contributed by atoms with Gasteiger partial charge in [-0.1, -0.05) is 13.8 Å². The van der Waals surface area contributed by atoms with E-state index in [1.807, 2.05) is 0 Å². The third-order valence-electron chi connectivity index (χ3n) is 1.88. The molecule has 0 aliphatic rings. The van der Waals surface area contributed by atoms with E-state index in [2.05, 4.69) is 22.4 Å². The molecule has 0 bridgehead atoms. The Morgan fingerprint density at radius 3 is 2.79 bits per heavy atom. The van der Waals surface area contributed by atoms with Gasteiger partial charge in [-0.25, -0.2) is 0 Å². The number of H-pyrrole nitrogens is 1. The quantitative estimate of drug-likeness (QED) is 0.551. The lowest BCUT2D eigenvalue weighted by Gasteiger charge is -2.18. The number of hydrogen-bond acceptors (Lipinski definition) is 4. The number of aromatic nitrogens is 3. The van der Waals surface area contributed by atoms with Gasteiger partial charge in [-0.3, -0.25) is 14.3 Å². The summed E-state index contributed by atoms with van der Waals surface area (Å²) >= 11 is 4.69. The lowest BCUT2D eigenvalue weighted by molar-refractivity contribution is 0.337. The molecular weight excluding hydrogens is 207 g/mol. The van der Waals surface area contributed by atoms with E-state index >= 15 is 0 Å². The van der Waals surface area contributed by atoms with Crippen LogP contribution in [0.15, 0.2) is 4.79 Å². The van der Waals surface area contributed by atoms with Crippen LogP contribution in [0.5, 0.6) is 0 Å². The van der Waals surface area contributed by atoms with E-state index in [-0.39, 0.29) is 10.5 Å². The highest BCUT2D eigenvalue weighted by Gasteiger charge is 2.26. The van der Waals surface area contributed by atoms with Crippen LogP contribution in [0.25, 0.3) is 0 Å². The monoisotopic (exact) mass is 218 g/mol. The van der Waals surface area contributed by atoms with Crippen molar-refractivity contribution in [2.24, 2.45) is 0 Å². The van der Waals surface area contributed by atoms with E-state index < -0.39 is 17.6 Å². The van der Waals surface area contributed by atoms with Crippen molar-refractivity contribution in [3.05, 3.63) is 20.8 Å². The fraction of sp³-hybridized carbons (Fsp3) is 0.571. The first-order valence-corrected chi connectivity index (χ1v) is 4.34. The van der Waals surface area contributed by atoms with Gasteiger partial charge in [0.1, 0.15) is 12.4 Å².